The van der Waals surface area contributed by atoms with Crippen LogP contribution in [-0.2, 0) is 21.1 Å². The van der Waals surface area contributed by atoms with Crippen LogP contribution in [0.5, 0.6) is 0 Å². The number of amidine groups is 1. The topological polar surface area (TPSA) is 90.9 Å². The maximum atomic E-state index is 12.6. The van der Waals surface area contributed by atoms with Crippen LogP contribution in [0.15, 0.2) is 46.3 Å². The van der Waals surface area contributed by atoms with E-state index in [9.17, 15) is 13.2 Å². The maximum Gasteiger partial charge on any atom is 0.222 e. The van der Waals surface area contributed by atoms with Crippen molar-refractivity contribution in [2.24, 2.45) is 4.99 Å². The first-order valence-corrected chi connectivity index (χ1v) is 13.6. The molecular formula is C24H30Cl2N4O3S. The monoisotopic (exact) mass is 524 g/mol. The van der Waals surface area contributed by atoms with Gasteiger partial charge < -0.3 is 15.5 Å². The van der Waals surface area contributed by atoms with E-state index in [2.05, 4.69) is 27.8 Å². The lowest BCUT2D eigenvalue weighted by atomic mass is 10.1. The number of sulfone groups is 1. The number of aryl methyl sites for hydroxylation is 1. The van der Waals surface area contributed by atoms with E-state index in [0.29, 0.717) is 36.5 Å². The van der Waals surface area contributed by atoms with Gasteiger partial charge in [0.1, 0.15) is 11.7 Å². The summed E-state index contributed by atoms with van der Waals surface area (Å²) in [6.07, 6.45) is 1.64. The summed E-state index contributed by atoms with van der Waals surface area (Å²) in [5.74, 6) is 0.712. The Morgan fingerprint density at radius 3 is 2.59 bits per heavy atom. The van der Waals surface area contributed by atoms with Crippen LogP contribution < -0.4 is 10.6 Å². The van der Waals surface area contributed by atoms with Crippen molar-refractivity contribution in [1.82, 2.24) is 15.5 Å². The van der Waals surface area contributed by atoms with Gasteiger partial charge in [0.15, 0.2) is 9.84 Å². The molecule has 7 nitrogen and oxygen atoms in total. The first-order chi connectivity index (χ1) is 16.2. The molecule has 1 heterocycles. The van der Waals surface area contributed by atoms with E-state index >= 15 is 0 Å². The zero-order valence-corrected chi connectivity index (χ0v) is 21.7. The van der Waals surface area contributed by atoms with Crippen molar-refractivity contribution in [3.05, 3.63) is 63.1 Å². The van der Waals surface area contributed by atoms with Gasteiger partial charge in [0.05, 0.1) is 16.5 Å². The number of hydrogen-bond acceptors (Lipinski definition) is 6. The average Bonchev–Trinajstić information content (AvgIpc) is 3.34. The Morgan fingerprint density at radius 1 is 1.18 bits per heavy atom. The lowest BCUT2D eigenvalue weighted by Crippen LogP contribution is -2.30. The van der Waals surface area contributed by atoms with Crippen molar-refractivity contribution in [2.45, 2.75) is 31.1 Å². The molecule has 2 aromatic carbocycles. The molecule has 1 aliphatic heterocycles. The minimum absolute atomic E-state index is 0.0298. The molecule has 0 fully saturated rings. The molecule has 0 radical (unpaired) electrons. The molecule has 1 aliphatic rings. The molecular weight excluding hydrogens is 495 g/mol. The highest BCUT2D eigenvalue weighted by molar-refractivity contribution is 7.91. The van der Waals surface area contributed by atoms with Crippen molar-refractivity contribution in [1.29, 1.82) is 0 Å². The summed E-state index contributed by atoms with van der Waals surface area (Å²) in [4.78, 5) is 18.6. The lowest BCUT2D eigenvalue weighted by molar-refractivity contribution is -0.129. The van der Waals surface area contributed by atoms with Crippen molar-refractivity contribution in [3.8, 4) is 0 Å². The maximum absolute atomic E-state index is 12.6. The molecule has 3 rings (SSSR count). The van der Waals surface area contributed by atoms with Crippen LogP contribution in [0.2, 0.25) is 10.0 Å². The molecule has 2 aromatic rings. The lowest BCUT2D eigenvalue weighted by Gasteiger charge is -2.17. The third kappa shape index (κ3) is 7.18. The summed E-state index contributed by atoms with van der Waals surface area (Å²) in [6.45, 7) is 4.44. The molecule has 0 saturated heterocycles. The smallest absolute Gasteiger partial charge is 0.222 e. The van der Waals surface area contributed by atoms with Crippen LogP contribution in [0, 0.1) is 6.92 Å². The van der Waals surface area contributed by atoms with Gasteiger partial charge >= 0.3 is 0 Å². The van der Waals surface area contributed by atoms with Gasteiger partial charge in [-0.2, -0.15) is 0 Å². The van der Waals surface area contributed by atoms with Crippen molar-refractivity contribution in [2.75, 3.05) is 39.1 Å². The summed E-state index contributed by atoms with van der Waals surface area (Å²) in [6, 6.07) is 11.1. The van der Waals surface area contributed by atoms with E-state index < -0.39 is 9.84 Å². The Hall–Kier alpha value is -2.13. The third-order valence-corrected chi connectivity index (χ3v) is 8.07. The zero-order valence-electron chi connectivity index (χ0n) is 19.4. The van der Waals surface area contributed by atoms with E-state index in [4.69, 9.17) is 23.2 Å². The first kappa shape index (κ1) is 26.5. The molecule has 0 spiro atoms. The number of nitrogens with zero attached hydrogens (tertiary/aromatic N) is 2. The summed E-state index contributed by atoms with van der Waals surface area (Å²) in [7, 11) is -1.82. The molecule has 184 valence electrons. The number of halogens is 2. The van der Waals surface area contributed by atoms with Crippen molar-refractivity contribution < 1.29 is 13.2 Å². The van der Waals surface area contributed by atoms with Gasteiger partial charge in [0, 0.05) is 37.1 Å². The second-order valence-corrected chi connectivity index (χ2v) is 11.1. The highest BCUT2D eigenvalue weighted by atomic mass is 35.5. The second-order valence-electron chi connectivity index (χ2n) is 8.31. The molecule has 10 heteroatoms. The highest BCUT2D eigenvalue weighted by Gasteiger charge is 2.19. The number of rotatable bonds is 11. The largest absolute Gasteiger partial charge is 0.368 e. The quantitative estimate of drug-likeness (QED) is 0.439. The number of carbonyl (C=O) groups is 1. The molecule has 0 saturated carbocycles. The van der Waals surface area contributed by atoms with Crippen LogP contribution in [-0.4, -0.2) is 64.2 Å². The van der Waals surface area contributed by atoms with E-state index in [0.717, 1.165) is 36.5 Å². The Kier molecular flexibility index (Phi) is 9.36. The number of carbonyl (C=O) groups excluding carboxylic acids is 1. The fourth-order valence-corrected chi connectivity index (χ4v) is 5.57. The molecule has 1 amide bonds. The average molecular weight is 526 g/mol. The van der Waals surface area contributed by atoms with E-state index in [1.54, 1.807) is 18.9 Å². The minimum atomic E-state index is -3.60. The van der Waals surface area contributed by atoms with Crippen LogP contribution >= 0.6 is 23.2 Å². The molecule has 0 aromatic heterocycles. The van der Waals surface area contributed by atoms with Gasteiger partial charge in [-0.3, -0.25) is 9.79 Å². The highest BCUT2D eigenvalue weighted by Crippen LogP contribution is 2.28. The zero-order chi connectivity index (χ0) is 24.7. The van der Waals surface area contributed by atoms with Crippen LogP contribution in [0.25, 0.3) is 0 Å². The van der Waals surface area contributed by atoms with Crippen LogP contribution in [0.1, 0.15) is 29.5 Å². The Balaban J connectivity index is 1.37. The number of nitrogens with one attached hydrogen (secondary N) is 2. The Labute approximate surface area is 211 Å². The summed E-state index contributed by atoms with van der Waals surface area (Å²) < 4.78 is 25.1. The standard InChI is InChI=1S/C24H30Cl2N4O3S/c1-17-14-22(21(26)15-20(17)25)34(32,33)16-27-10-3-4-23(31)30(2)13-9-18-5-7-19(8-6-18)24-28-11-12-29-24/h5-8,14-15,27H,3-4,9-13,16H2,1-2H3,(H,28,29). The van der Waals surface area contributed by atoms with Gasteiger partial charge in [-0.15, -0.1) is 0 Å². The summed E-state index contributed by atoms with van der Waals surface area (Å²) in [5, 5.41) is 6.69. The van der Waals surface area contributed by atoms with E-state index in [1.165, 1.54) is 12.1 Å². The number of likely N-dealkylation sites (N-methyl/N-ethyl adjacent to an activating group) is 1. The van der Waals surface area contributed by atoms with Gasteiger partial charge in [-0.05, 0) is 49.6 Å². The van der Waals surface area contributed by atoms with Crippen LogP contribution in [0.4, 0.5) is 0 Å². The Morgan fingerprint density at radius 2 is 1.91 bits per heavy atom. The number of benzene rings is 2. The molecule has 0 unspecified atom stereocenters. The third-order valence-electron chi connectivity index (χ3n) is 5.65. The van der Waals surface area contributed by atoms with E-state index in [1.807, 2.05) is 12.1 Å². The van der Waals surface area contributed by atoms with E-state index in [-0.39, 0.29) is 21.7 Å². The summed E-state index contributed by atoms with van der Waals surface area (Å²) >= 11 is 12.1. The van der Waals surface area contributed by atoms with Crippen molar-refractivity contribution in [3.63, 3.8) is 0 Å². The molecule has 2 N–H and O–H groups in total. The van der Waals surface area contributed by atoms with Gasteiger partial charge in [-0.25, -0.2) is 8.42 Å². The van der Waals surface area contributed by atoms with Crippen molar-refractivity contribution >= 4 is 44.8 Å². The van der Waals surface area contributed by atoms with Crippen LogP contribution in [0.3, 0.4) is 0 Å². The SMILES string of the molecule is Cc1cc(S(=O)(=O)CNCCCC(=O)N(C)CCc2ccc(C3=NCCN3)cc2)c(Cl)cc1Cl. The molecule has 0 atom stereocenters. The molecule has 0 bridgehead atoms. The van der Waals surface area contributed by atoms with Gasteiger partial charge in [0.25, 0.3) is 0 Å². The molecule has 0 aliphatic carbocycles. The summed E-state index contributed by atoms with van der Waals surface area (Å²) in [5.41, 5.74) is 2.88. The predicted octanol–water partition coefficient (Wildman–Crippen LogP) is 3.45. The molecule has 34 heavy (non-hydrogen) atoms. The predicted molar refractivity (Wildman–Crippen MR) is 138 cm³/mol. The van der Waals surface area contributed by atoms with Gasteiger partial charge in [-0.1, -0.05) is 47.5 Å². The Bertz CT molecular complexity index is 1150. The fourth-order valence-electron chi connectivity index (χ4n) is 3.55. The number of hydrogen-bond donors (Lipinski definition) is 2. The fraction of sp³-hybridized carbons (Fsp3) is 0.417. The second kappa shape index (κ2) is 12.0. The normalized spacial score (nSPS) is 13.5. The number of amides is 1. The number of aliphatic imine (C=N–C) groups is 1. The van der Waals surface area contributed by atoms with Gasteiger partial charge in [0.2, 0.25) is 5.91 Å². The minimum Gasteiger partial charge on any atom is -0.368 e. The first-order valence-electron chi connectivity index (χ1n) is 11.2.